The number of nitrogens with zero attached hydrogens (tertiary/aromatic N) is 2. The molecule has 138 valence electrons. The van der Waals surface area contributed by atoms with Gasteiger partial charge in [-0.2, -0.15) is 0 Å². The van der Waals surface area contributed by atoms with Gasteiger partial charge in [0.1, 0.15) is 12.2 Å². The lowest BCUT2D eigenvalue weighted by Crippen LogP contribution is -2.58. The highest BCUT2D eigenvalue weighted by Gasteiger charge is 2.38. The zero-order chi connectivity index (χ0) is 17.8. The van der Waals surface area contributed by atoms with Gasteiger partial charge in [-0.3, -0.25) is 9.69 Å². The topological polar surface area (TPSA) is 51.2 Å². The zero-order valence-corrected chi connectivity index (χ0v) is 15.3. The monoisotopic (exact) mass is 348 g/mol. The van der Waals surface area contributed by atoms with E-state index in [1.807, 2.05) is 35.0 Å². The number of para-hydroxylation sites is 1. The summed E-state index contributed by atoms with van der Waals surface area (Å²) in [5.41, 5.74) is 2.30. The first-order valence-electron chi connectivity index (χ1n) is 8.87. The molecule has 3 atom stereocenters. The van der Waals surface area contributed by atoms with Crippen molar-refractivity contribution in [2.75, 3.05) is 52.5 Å². The number of ether oxygens (including phenoxy) is 3. The van der Waals surface area contributed by atoms with Crippen LogP contribution in [0, 0.1) is 0 Å². The molecular weight excluding hydrogens is 320 g/mol. The van der Waals surface area contributed by atoms with E-state index in [-0.39, 0.29) is 24.2 Å². The molecule has 0 spiro atoms. The Hall–Kier alpha value is -1.47. The molecule has 3 rings (SSSR count). The number of carbonyl (C=O) groups excluding carboxylic acids is 1. The third-order valence-electron chi connectivity index (χ3n) is 5.25. The Morgan fingerprint density at radius 3 is 2.84 bits per heavy atom. The lowest BCUT2D eigenvalue weighted by atomic mass is 10.0. The molecule has 0 bridgehead atoms. The van der Waals surface area contributed by atoms with Crippen LogP contribution >= 0.6 is 0 Å². The van der Waals surface area contributed by atoms with Crippen molar-refractivity contribution in [3.05, 3.63) is 29.8 Å². The molecule has 2 aliphatic rings. The molecule has 2 aliphatic heterocycles. The second-order valence-corrected chi connectivity index (χ2v) is 6.77. The summed E-state index contributed by atoms with van der Waals surface area (Å²) in [5, 5.41) is 0. The molecule has 25 heavy (non-hydrogen) atoms. The predicted molar refractivity (Wildman–Crippen MR) is 95.9 cm³/mol. The van der Waals surface area contributed by atoms with Crippen LogP contribution in [0.5, 0.6) is 0 Å². The molecule has 1 aromatic carbocycles. The van der Waals surface area contributed by atoms with Crippen molar-refractivity contribution in [2.45, 2.75) is 31.1 Å². The van der Waals surface area contributed by atoms with E-state index in [1.54, 1.807) is 14.2 Å². The maximum absolute atomic E-state index is 12.9. The van der Waals surface area contributed by atoms with Gasteiger partial charge in [0.05, 0.1) is 25.8 Å². The van der Waals surface area contributed by atoms with E-state index < -0.39 is 0 Å². The van der Waals surface area contributed by atoms with Crippen LogP contribution in [0.15, 0.2) is 24.3 Å². The first-order valence-corrected chi connectivity index (χ1v) is 8.87. The average molecular weight is 348 g/mol. The number of hydrogen-bond acceptors (Lipinski definition) is 5. The fourth-order valence-corrected chi connectivity index (χ4v) is 3.84. The number of amides is 1. The van der Waals surface area contributed by atoms with Gasteiger partial charge in [-0.25, -0.2) is 0 Å². The number of likely N-dealkylation sites (N-methyl/N-ethyl adjacent to an activating group) is 1. The van der Waals surface area contributed by atoms with Gasteiger partial charge in [-0.05, 0) is 31.5 Å². The van der Waals surface area contributed by atoms with E-state index in [4.69, 9.17) is 14.2 Å². The van der Waals surface area contributed by atoms with Crippen LogP contribution < -0.4 is 4.90 Å². The molecule has 0 radical (unpaired) electrons. The molecule has 0 N–H and O–H groups in total. The Morgan fingerprint density at radius 1 is 1.28 bits per heavy atom. The van der Waals surface area contributed by atoms with Crippen LogP contribution in [-0.4, -0.2) is 76.6 Å². The van der Waals surface area contributed by atoms with E-state index in [0.29, 0.717) is 19.8 Å². The highest BCUT2D eigenvalue weighted by atomic mass is 16.6. The highest BCUT2D eigenvalue weighted by molar-refractivity contribution is 5.95. The number of anilines is 1. The molecule has 0 unspecified atom stereocenters. The fraction of sp³-hybridized carbons (Fsp3) is 0.632. The Balaban J connectivity index is 1.68. The van der Waals surface area contributed by atoms with Crippen molar-refractivity contribution in [1.82, 2.24) is 4.90 Å². The summed E-state index contributed by atoms with van der Waals surface area (Å²) in [6.07, 6.45) is 1.82. The van der Waals surface area contributed by atoms with E-state index in [1.165, 1.54) is 5.56 Å². The minimum absolute atomic E-state index is 0.00677. The summed E-state index contributed by atoms with van der Waals surface area (Å²) < 4.78 is 16.8. The van der Waals surface area contributed by atoms with E-state index in [9.17, 15) is 4.79 Å². The summed E-state index contributed by atoms with van der Waals surface area (Å²) in [5.74, 6) is 0.115. The molecule has 1 saturated heterocycles. The van der Waals surface area contributed by atoms with Gasteiger partial charge in [0.15, 0.2) is 0 Å². The molecule has 1 fully saturated rings. The van der Waals surface area contributed by atoms with Crippen LogP contribution in [0.4, 0.5) is 5.69 Å². The van der Waals surface area contributed by atoms with Gasteiger partial charge in [-0.1, -0.05) is 18.2 Å². The summed E-state index contributed by atoms with van der Waals surface area (Å²) in [7, 11) is 5.30. The van der Waals surface area contributed by atoms with Gasteiger partial charge in [0.2, 0.25) is 5.91 Å². The Kier molecular flexibility index (Phi) is 6.06. The highest BCUT2D eigenvalue weighted by Crippen LogP contribution is 2.27. The number of methoxy groups -OCH3 is 2. The number of hydrogen-bond donors (Lipinski definition) is 0. The van der Waals surface area contributed by atoms with Gasteiger partial charge >= 0.3 is 0 Å². The van der Waals surface area contributed by atoms with Crippen LogP contribution in [0.2, 0.25) is 0 Å². The maximum Gasteiger partial charge on any atom is 0.241 e. The normalized spacial score (nSPS) is 26.6. The third-order valence-corrected chi connectivity index (χ3v) is 5.25. The first kappa shape index (κ1) is 18.3. The number of fused-ring (bicyclic) bond motifs is 1. The van der Waals surface area contributed by atoms with E-state index in [2.05, 4.69) is 6.07 Å². The van der Waals surface area contributed by atoms with Crippen LogP contribution in [0.1, 0.15) is 12.0 Å². The van der Waals surface area contributed by atoms with E-state index >= 15 is 0 Å². The number of aryl methyl sites for hydroxylation is 1. The molecule has 1 amide bonds. The molecule has 1 aromatic rings. The SMILES string of the molecule is CO[C@H]1[C@H](N(C)CC(=O)N2CCCc3ccccc32)COC[C@H]1OC. The van der Waals surface area contributed by atoms with Gasteiger partial charge in [0, 0.05) is 26.5 Å². The fourth-order valence-electron chi connectivity index (χ4n) is 3.84. The Bertz CT molecular complexity index is 595. The minimum Gasteiger partial charge on any atom is -0.377 e. The number of rotatable bonds is 5. The number of carbonyl (C=O) groups is 1. The summed E-state index contributed by atoms with van der Waals surface area (Å²) in [6.45, 7) is 2.17. The van der Waals surface area contributed by atoms with Crippen molar-refractivity contribution in [1.29, 1.82) is 0 Å². The standard InChI is InChI=1S/C19H28N2O4/c1-20(16-12-25-13-17(23-2)19(16)24-3)11-18(22)21-10-6-8-14-7-4-5-9-15(14)21/h4-5,7,9,16-17,19H,6,8,10-13H2,1-3H3/t16-,17-,19+/m1/s1. The first-order chi connectivity index (χ1) is 12.2. The minimum atomic E-state index is -0.114. The summed E-state index contributed by atoms with van der Waals surface area (Å²) in [4.78, 5) is 16.9. The summed E-state index contributed by atoms with van der Waals surface area (Å²) in [6, 6.07) is 8.17. The number of benzene rings is 1. The molecule has 0 saturated carbocycles. The molecule has 6 nitrogen and oxygen atoms in total. The quantitative estimate of drug-likeness (QED) is 0.803. The van der Waals surface area contributed by atoms with Gasteiger partial charge in [-0.15, -0.1) is 0 Å². The zero-order valence-electron chi connectivity index (χ0n) is 15.3. The second kappa shape index (κ2) is 8.27. The Labute approximate surface area is 149 Å². The molecular formula is C19H28N2O4. The molecule has 0 aromatic heterocycles. The smallest absolute Gasteiger partial charge is 0.241 e. The van der Waals surface area contributed by atoms with Gasteiger partial charge in [0.25, 0.3) is 0 Å². The van der Waals surface area contributed by atoms with Crippen molar-refractivity contribution >= 4 is 11.6 Å². The lowest BCUT2D eigenvalue weighted by Gasteiger charge is -2.41. The molecule has 6 heteroatoms. The molecule has 0 aliphatic carbocycles. The Morgan fingerprint density at radius 2 is 2.08 bits per heavy atom. The largest absolute Gasteiger partial charge is 0.377 e. The van der Waals surface area contributed by atoms with Gasteiger partial charge < -0.3 is 19.1 Å². The maximum atomic E-state index is 12.9. The lowest BCUT2D eigenvalue weighted by molar-refractivity contribution is -0.154. The molecule has 2 heterocycles. The third kappa shape index (κ3) is 3.87. The van der Waals surface area contributed by atoms with Crippen LogP contribution in [0.3, 0.4) is 0 Å². The van der Waals surface area contributed by atoms with Crippen LogP contribution in [-0.2, 0) is 25.4 Å². The van der Waals surface area contributed by atoms with Crippen molar-refractivity contribution < 1.29 is 19.0 Å². The van der Waals surface area contributed by atoms with Crippen molar-refractivity contribution in [2.24, 2.45) is 0 Å². The average Bonchev–Trinajstić information content (AvgIpc) is 2.66. The van der Waals surface area contributed by atoms with Crippen molar-refractivity contribution in [3.8, 4) is 0 Å². The predicted octanol–water partition coefficient (Wildman–Crippen LogP) is 1.33. The second-order valence-electron chi connectivity index (χ2n) is 6.77. The van der Waals surface area contributed by atoms with Crippen LogP contribution in [0.25, 0.3) is 0 Å². The van der Waals surface area contributed by atoms with Crippen molar-refractivity contribution in [3.63, 3.8) is 0 Å². The van der Waals surface area contributed by atoms with E-state index in [0.717, 1.165) is 25.1 Å². The summed E-state index contributed by atoms with van der Waals surface area (Å²) >= 11 is 0.